The van der Waals surface area contributed by atoms with E-state index < -0.39 is 0 Å². The molecule has 1 heteroatoms. The van der Waals surface area contributed by atoms with E-state index in [-0.39, 0.29) is 9.52 Å². The molecular weight excluding hydrogens is 232 g/mol. The van der Waals surface area contributed by atoms with Crippen molar-refractivity contribution in [2.75, 3.05) is 0 Å². The molecule has 0 heterocycles. The topological polar surface area (TPSA) is 0 Å². The highest BCUT2D eigenvalue weighted by molar-refractivity contribution is 6.61. The molecule has 0 amide bonds. The first-order valence-electron chi connectivity index (χ1n) is 6.91. The SMILES string of the molecule is CCC(C)C1=CC=C[C]1[SiH2]c1cc(C)cc(C)c1. The molecule has 1 atom stereocenters. The second-order valence-corrected chi connectivity index (χ2v) is 7.42. The Labute approximate surface area is 114 Å². The number of allylic oxidation sites excluding steroid dienone is 4. The van der Waals surface area contributed by atoms with E-state index in [4.69, 9.17) is 0 Å². The molecule has 18 heavy (non-hydrogen) atoms. The Morgan fingerprint density at radius 3 is 2.39 bits per heavy atom. The van der Waals surface area contributed by atoms with Gasteiger partial charge in [-0.25, -0.2) is 0 Å². The van der Waals surface area contributed by atoms with Gasteiger partial charge in [-0.3, -0.25) is 0 Å². The van der Waals surface area contributed by atoms with Crippen LogP contribution in [0.3, 0.4) is 0 Å². The maximum atomic E-state index is 2.37. The van der Waals surface area contributed by atoms with Crippen LogP contribution in [-0.4, -0.2) is 9.52 Å². The summed E-state index contributed by atoms with van der Waals surface area (Å²) in [5.74, 6) is 0.702. The van der Waals surface area contributed by atoms with E-state index in [0.29, 0.717) is 5.92 Å². The zero-order chi connectivity index (χ0) is 13.1. The van der Waals surface area contributed by atoms with Crippen molar-refractivity contribution in [1.29, 1.82) is 0 Å². The van der Waals surface area contributed by atoms with Gasteiger partial charge in [0.15, 0.2) is 0 Å². The molecule has 1 unspecified atom stereocenters. The Balaban J connectivity index is 2.14. The second-order valence-electron chi connectivity index (χ2n) is 5.49. The molecule has 0 N–H and O–H groups in total. The third kappa shape index (κ3) is 3.02. The van der Waals surface area contributed by atoms with Gasteiger partial charge in [-0.2, -0.15) is 0 Å². The highest BCUT2D eigenvalue weighted by atomic mass is 28.2. The minimum atomic E-state index is -0.316. The maximum Gasteiger partial charge on any atom is 0.0717 e. The Bertz CT molecular complexity index is 462. The summed E-state index contributed by atoms with van der Waals surface area (Å²) in [7, 11) is -0.316. The van der Waals surface area contributed by atoms with Gasteiger partial charge in [-0.05, 0) is 26.2 Å². The van der Waals surface area contributed by atoms with E-state index in [0.717, 1.165) is 0 Å². The minimum Gasteiger partial charge on any atom is -0.0764 e. The molecule has 0 fully saturated rings. The lowest BCUT2D eigenvalue weighted by atomic mass is 9.97. The van der Waals surface area contributed by atoms with Crippen molar-refractivity contribution in [3.8, 4) is 0 Å². The number of hydrogen-bond acceptors (Lipinski definition) is 0. The van der Waals surface area contributed by atoms with Gasteiger partial charge in [0.1, 0.15) is 0 Å². The van der Waals surface area contributed by atoms with E-state index in [1.807, 2.05) is 0 Å². The lowest BCUT2D eigenvalue weighted by molar-refractivity contribution is 0.662. The minimum absolute atomic E-state index is 0.316. The maximum absolute atomic E-state index is 2.37. The van der Waals surface area contributed by atoms with Crippen LogP contribution in [0.4, 0.5) is 0 Å². The monoisotopic (exact) mass is 255 g/mol. The summed E-state index contributed by atoms with van der Waals surface area (Å²) in [6.07, 6.45) is 8.12. The number of hydrogen-bond donors (Lipinski definition) is 0. The Morgan fingerprint density at radius 2 is 1.78 bits per heavy atom. The average molecular weight is 255 g/mol. The van der Waals surface area contributed by atoms with Gasteiger partial charge in [0.2, 0.25) is 0 Å². The van der Waals surface area contributed by atoms with Gasteiger partial charge < -0.3 is 0 Å². The van der Waals surface area contributed by atoms with Crippen LogP contribution in [0, 0.1) is 25.3 Å². The highest BCUT2D eigenvalue weighted by Crippen LogP contribution is 2.29. The van der Waals surface area contributed by atoms with E-state index >= 15 is 0 Å². The van der Waals surface area contributed by atoms with Crippen LogP contribution < -0.4 is 5.19 Å². The van der Waals surface area contributed by atoms with Crippen LogP contribution in [0.1, 0.15) is 31.4 Å². The molecule has 95 valence electrons. The standard InChI is InChI=1S/C17H23Si/c1-5-14(4)16-7-6-8-17(16)18-15-10-12(2)9-13(3)11-15/h6-11,14H,5,18H2,1-4H3. The van der Waals surface area contributed by atoms with Gasteiger partial charge in [-0.15, -0.1) is 0 Å². The summed E-state index contributed by atoms with van der Waals surface area (Å²) in [6, 6.07) is 7.00. The Morgan fingerprint density at radius 1 is 1.11 bits per heavy atom. The third-order valence-corrected chi connectivity index (χ3v) is 5.60. The summed E-state index contributed by atoms with van der Waals surface area (Å²) in [5.41, 5.74) is 6.01. The summed E-state index contributed by atoms with van der Waals surface area (Å²) in [5, 5.41) is 1.57. The first-order chi connectivity index (χ1) is 8.60. The van der Waals surface area contributed by atoms with Crippen molar-refractivity contribution in [1.82, 2.24) is 0 Å². The van der Waals surface area contributed by atoms with E-state index in [1.54, 1.807) is 16.3 Å². The zero-order valence-corrected chi connectivity index (χ0v) is 13.4. The first kappa shape index (κ1) is 13.4. The number of benzene rings is 1. The predicted molar refractivity (Wildman–Crippen MR) is 84.0 cm³/mol. The van der Waals surface area contributed by atoms with Crippen LogP contribution in [-0.2, 0) is 0 Å². The molecule has 1 aromatic rings. The highest BCUT2D eigenvalue weighted by Gasteiger charge is 2.20. The van der Waals surface area contributed by atoms with Crippen molar-refractivity contribution in [3.05, 3.63) is 58.7 Å². The smallest absolute Gasteiger partial charge is 0.0717 e. The molecule has 0 aliphatic heterocycles. The van der Waals surface area contributed by atoms with Crippen molar-refractivity contribution in [2.45, 2.75) is 34.1 Å². The molecule has 2 rings (SSSR count). The summed E-state index contributed by atoms with van der Waals surface area (Å²) < 4.78 is 0. The molecule has 0 saturated carbocycles. The Kier molecular flexibility index (Phi) is 4.23. The molecule has 0 nitrogen and oxygen atoms in total. The summed E-state index contributed by atoms with van der Waals surface area (Å²) >= 11 is 0. The first-order valence-corrected chi connectivity index (χ1v) is 8.33. The molecule has 0 bridgehead atoms. The lowest BCUT2D eigenvalue weighted by Gasteiger charge is -2.18. The van der Waals surface area contributed by atoms with Crippen LogP contribution in [0.25, 0.3) is 0 Å². The van der Waals surface area contributed by atoms with E-state index in [2.05, 4.69) is 64.1 Å². The Hall–Kier alpha value is -1.08. The summed E-state index contributed by atoms with van der Waals surface area (Å²) in [6.45, 7) is 9.02. The van der Waals surface area contributed by atoms with Gasteiger partial charge >= 0.3 is 0 Å². The lowest BCUT2D eigenvalue weighted by Crippen LogP contribution is -2.23. The van der Waals surface area contributed by atoms with E-state index in [1.165, 1.54) is 17.5 Å². The van der Waals surface area contributed by atoms with Crippen molar-refractivity contribution in [3.63, 3.8) is 0 Å². The molecule has 1 aromatic carbocycles. The molecule has 0 aromatic heterocycles. The number of aryl methyl sites for hydroxylation is 2. The fraction of sp³-hybridized carbons (Fsp3) is 0.353. The molecule has 0 saturated heterocycles. The second kappa shape index (κ2) is 5.70. The predicted octanol–water partition coefficient (Wildman–Crippen LogP) is 3.17. The number of rotatable bonds is 4. The summed E-state index contributed by atoms with van der Waals surface area (Å²) in [4.78, 5) is 0. The quantitative estimate of drug-likeness (QED) is 0.725. The zero-order valence-electron chi connectivity index (χ0n) is 12.0. The molecule has 1 radical (unpaired) electrons. The van der Waals surface area contributed by atoms with Crippen LogP contribution in [0.2, 0.25) is 0 Å². The van der Waals surface area contributed by atoms with Crippen molar-refractivity contribution in [2.24, 2.45) is 5.92 Å². The van der Waals surface area contributed by atoms with E-state index in [9.17, 15) is 0 Å². The van der Waals surface area contributed by atoms with Gasteiger partial charge in [0.25, 0.3) is 0 Å². The van der Waals surface area contributed by atoms with Crippen molar-refractivity contribution < 1.29 is 0 Å². The van der Waals surface area contributed by atoms with Crippen LogP contribution >= 0.6 is 0 Å². The molecular formula is C17H23Si. The van der Waals surface area contributed by atoms with Gasteiger partial charge in [0.05, 0.1) is 9.52 Å². The van der Waals surface area contributed by atoms with Crippen LogP contribution in [0.5, 0.6) is 0 Å². The molecule has 0 spiro atoms. The third-order valence-electron chi connectivity index (χ3n) is 3.76. The largest absolute Gasteiger partial charge is 0.0764 e. The van der Waals surface area contributed by atoms with Gasteiger partial charge in [-0.1, -0.05) is 72.2 Å². The fourth-order valence-electron chi connectivity index (χ4n) is 2.72. The van der Waals surface area contributed by atoms with Gasteiger partial charge in [0, 0.05) is 5.54 Å². The van der Waals surface area contributed by atoms with Crippen molar-refractivity contribution >= 4 is 14.7 Å². The molecule has 1 aliphatic rings. The average Bonchev–Trinajstić information content (AvgIpc) is 2.74. The normalized spacial score (nSPS) is 17.7. The fourth-order valence-corrected chi connectivity index (χ4v) is 4.94. The molecule has 1 aliphatic carbocycles. The van der Waals surface area contributed by atoms with Crippen LogP contribution in [0.15, 0.2) is 42.0 Å².